The highest BCUT2D eigenvalue weighted by molar-refractivity contribution is 5.42. The van der Waals surface area contributed by atoms with E-state index in [0.29, 0.717) is 58.6 Å². The Morgan fingerprint density at radius 1 is 1.00 bits per heavy atom. The maximum absolute atomic E-state index is 9.64. The van der Waals surface area contributed by atoms with Crippen LogP contribution in [0.4, 0.5) is 0 Å². The zero-order valence-electron chi connectivity index (χ0n) is 15.3. The van der Waals surface area contributed by atoms with Crippen molar-refractivity contribution >= 4 is 0 Å². The summed E-state index contributed by atoms with van der Waals surface area (Å²) in [5.74, 6) is 0.468. The molecule has 1 aromatic carbocycles. The summed E-state index contributed by atoms with van der Waals surface area (Å²) in [7, 11) is 3.14. The van der Waals surface area contributed by atoms with Crippen LogP contribution in [0.1, 0.15) is 11.9 Å². The van der Waals surface area contributed by atoms with Crippen molar-refractivity contribution in [2.24, 2.45) is 0 Å². The Hall–Kier alpha value is -1.42. The van der Waals surface area contributed by atoms with Crippen LogP contribution in [0.15, 0.2) is 18.2 Å². The van der Waals surface area contributed by atoms with Gasteiger partial charge in [-0.05, 0) is 12.1 Å². The van der Waals surface area contributed by atoms with Gasteiger partial charge in [-0.15, -0.1) is 0 Å². The normalized spacial score (nSPS) is 19.8. The van der Waals surface area contributed by atoms with Gasteiger partial charge in [0.05, 0.1) is 60.0 Å². The molecule has 0 bridgehead atoms. The fraction of sp³-hybridized carbons (Fsp3) is 0.667. The summed E-state index contributed by atoms with van der Waals surface area (Å²) in [6, 6.07) is 5.00. The summed E-state index contributed by atoms with van der Waals surface area (Å²) < 4.78 is 37.7. The van der Waals surface area contributed by atoms with Crippen molar-refractivity contribution in [3.63, 3.8) is 0 Å². The highest BCUT2D eigenvalue weighted by Gasteiger charge is 2.28. The molecule has 0 aromatic heterocycles. The van der Waals surface area contributed by atoms with E-state index in [1.807, 2.05) is 0 Å². The number of ether oxygens (including phenoxy) is 7. The smallest absolute Gasteiger partial charge is 0.184 e. The van der Waals surface area contributed by atoms with E-state index >= 15 is 0 Å². The SMILES string of the molecule is COCCOCCOCCOCC1COC(c2ccc(O)c(OC)c2)O1. The van der Waals surface area contributed by atoms with E-state index < -0.39 is 6.29 Å². The topological polar surface area (TPSA) is 84.8 Å². The molecular weight excluding hydrogens is 344 g/mol. The van der Waals surface area contributed by atoms with Crippen molar-refractivity contribution in [1.82, 2.24) is 0 Å². The molecule has 2 rings (SSSR count). The molecule has 1 saturated heterocycles. The largest absolute Gasteiger partial charge is 0.504 e. The minimum absolute atomic E-state index is 0.0817. The molecule has 0 radical (unpaired) electrons. The van der Waals surface area contributed by atoms with Gasteiger partial charge in [0.15, 0.2) is 17.8 Å². The summed E-state index contributed by atoms with van der Waals surface area (Å²) in [5.41, 5.74) is 0.791. The van der Waals surface area contributed by atoms with Gasteiger partial charge < -0.3 is 38.3 Å². The second kappa shape index (κ2) is 12.1. The molecule has 0 saturated carbocycles. The van der Waals surface area contributed by atoms with Gasteiger partial charge in [-0.2, -0.15) is 0 Å². The summed E-state index contributed by atoms with van der Waals surface area (Å²) in [6.45, 7) is 4.09. The average molecular weight is 372 g/mol. The van der Waals surface area contributed by atoms with Crippen LogP contribution in [0.2, 0.25) is 0 Å². The van der Waals surface area contributed by atoms with Crippen molar-refractivity contribution in [2.75, 3.05) is 67.1 Å². The van der Waals surface area contributed by atoms with Gasteiger partial charge in [-0.25, -0.2) is 0 Å². The molecule has 26 heavy (non-hydrogen) atoms. The first kappa shape index (κ1) is 20.9. The lowest BCUT2D eigenvalue weighted by molar-refractivity contribution is -0.0773. The third-order valence-corrected chi connectivity index (χ3v) is 3.71. The molecule has 1 aliphatic rings. The summed E-state index contributed by atoms with van der Waals surface area (Å²) in [4.78, 5) is 0. The number of rotatable bonds is 13. The fourth-order valence-electron chi connectivity index (χ4n) is 2.35. The summed E-state index contributed by atoms with van der Waals surface area (Å²) in [6.07, 6.45) is -0.629. The lowest BCUT2D eigenvalue weighted by Gasteiger charge is -2.13. The second-order valence-corrected chi connectivity index (χ2v) is 5.65. The zero-order chi connectivity index (χ0) is 18.6. The summed E-state index contributed by atoms with van der Waals surface area (Å²) >= 11 is 0. The molecular formula is C18H28O8. The molecule has 0 amide bonds. The predicted molar refractivity (Wildman–Crippen MR) is 92.6 cm³/mol. The molecule has 2 atom stereocenters. The predicted octanol–water partition coefficient (Wildman–Crippen LogP) is 1.51. The van der Waals surface area contributed by atoms with Gasteiger partial charge in [0.25, 0.3) is 0 Å². The van der Waals surface area contributed by atoms with E-state index in [4.69, 9.17) is 33.2 Å². The average Bonchev–Trinajstić information content (AvgIpc) is 3.12. The maximum atomic E-state index is 9.64. The Kier molecular flexibility index (Phi) is 9.68. The monoisotopic (exact) mass is 372 g/mol. The molecule has 1 aliphatic heterocycles. The number of hydrogen-bond acceptors (Lipinski definition) is 8. The molecule has 0 aliphatic carbocycles. The molecule has 0 spiro atoms. The molecule has 1 fully saturated rings. The molecule has 1 aromatic rings. The van der Waals surface area contributed by atoms with Crippen LogP contribution in [0.25, 0.3) is 0 Å². The van der Waals surface area contributed by atoms with Crippen LogP contribution in [-0.4, -0.2) is 78.3 Å². The molecule has 148 valence electrons. The zero-order valence-corrected chi connectivity index (χ0v) is 15.3. The minimum atomic E-state index is -0.487. The highest BCUT2D eigenvalue weighted by atomic mass is 16.7. The van der Waals surface area contributed by atoms with E-state index in [9.17, 15) is 5.11 Å². The highest BCUT2D eigenvalue weighted by Crippen LogP contribution is 2.33. The van der Waals surface area contributed by atoms with Gasteiger partial charge in [-0.1, -0.05) is 6.07 Å². The van der Waals surface area contributed by atoms with E-state index in [1.165, 1.54) is 7.11 Å². The van der Waals surface area contributed by atoms with E-state index in [2.05, 4.69) is 0 Å². The summed E-state index contributed by atoms with van der Waals surface area (Å²) in [5, 5.41) is 9.64. The number of hydrogen-bond donors (Lipinski definition) is 1. The third kappa shape index (κ3) is 7.06. The standard InChI is InChI=1S/C18H28O8/c1-20-5-6-22-7-8-23-9-10-24-12-15-13-25-18(26-15)14-3-4-16(19)17(11-14)21-2/h3-4,11,15,18-19H,5-10,12-13H2,1-2H3. The van der Waals surface area contributed by atoms with E-state index in [-0.39, 0.29) is 11.9 Å². The van der Waals surface area contributed by atoms with Crippen LogP contribution in [0.5, 0.6) is 11.5 Å². The Morgan fingerprint density at radius 2 is 1.69 bits per heavy atom. The molecule has 8 heteroatoms. The van der Waals surface area contributed by atoms with Crippen molar-refractivity contribution in [2.45, 2.75) is 12.4 Å². The van der Waals surface area contributed by atoms with Crippen LogP contribution in [0, 0.1) is 0 Å². The molecule has 1 N–H and O–H groups in total. The van der Waals surface area contributed by atoms with Gasteiger partial charge in [0, 0.05) is 12.7 Å². The van der Waals surface area contributed by atoms with Crippen LogP contribution >= 0.6 is 0 Å². The number of phenols is 1. The third-order valence-electron chi connectivity index (χ3n) is 3.71. The number of phenolic OH excluding ortho intramolecular Hbond substituents is 1. The van der Waals surface area contributed by atoms with Crippen molar-refractivity contribution in [3.05, 3.63) is 23.8 Å². The number of methoxy groups -OCH3 is 2. The Morgan fingerprint density at radius 3 is 2.38 bits per heavy atom. The molecule has 8 nitrogen and oxygen atoms in total. The Bertz CT molecular complexity index is 510. The Labute approximate surface area is 153 Å². The second-order valence-electron chi connectivity index (χ2n) is 5.65. The van der Waals surface area contributed by atoms with Gasteiger partial charge in [0.2, 0.25) is 0 Å². The van der Waals surface area contributed by atoms with Crippen molar-refractivity contribution < 1.29 is 38.3 Å². The lowest BCUT2D eigenvalue weighted by atomic mass is 10.2. The first-order chi connectivity index (χ1) is 12.7. The van der Waals surface area contributed by atoms with Gasteiger partial charge in [0.1, 0.15) is 6.10 Å². The minimum Gasteiger partial charge on any atom is -0.504 e. The van der Waals surface area contributed by atoms with E-state index in [1.54, 1.807) is 25.3 Å². The number of benzene rings is 1. The lowest BCUT2D eigenvalue weighted by Crippen LogP contribution is -2.20. The first-order valence-corrected chi connectivity index (χ1v) is 8.60. The molecule has 2 unspecified atom stereocenters. The van der Waals surface area contributed by atoms with Crippen LogP contribution in [-0.2, 0) is 28.4 Å². The van der Waals surface area contributed by atoms with Crippen LogP contribution < -0.4 is 4.74 Å². The Balaban J connectivity index is 1.54. The molecule has 1 heterocycles. The van der Waals surface area contributed by atoms with Gasteiger partial charge in [-0.3, -0.25) is 0 Å². The van der Waals surface area contributed by atoms with Crippen molar-refractivity contribution in [3.8, 4) is 11.5 Å². The fourth-order valence-corrected chi connectivity index (χ4v) is 2.35. The van der Waals surface area contributed by atoms with E-state index in [0.717, 1.165) is 5.56 Å². The first-order valence-electron chi connectivity index (χ1n) is 8.60. The van der Waals surface area contributed by atoms with Gasteiger partial charge >= 0.3 is 0 Å². The van der Waals surface area contributed by atoms with Crippen LogP contribution in [0.3, 0.4) is 0 Å². The number of aromatic hydroxyl groups is 1. The maximum Gasteiger partial charge on any atom is 0.184 e. The quantitative estimate of drug-likeness (QED) is 0.522. The van der Waals surface area contributed by atoms with Crippen molar-refractivity contribution in [1.29, 1.82) is 0 Å².